The van der Waals surface area contributed by atoms with E-state index in [1.165, 1.54) is 6.42 Å². The quantitative estimate of drug-likeness (QED) is 0.670. The summed E-state index contributed by atoms with van der Waals surface area (Å²) in [4.78, 5) is 12.1. The molecule has 0 aromatic heterocycles. The second-order valence-electron chi connectivity index (χ2n) is 5.34. The van der Waals surface area contributed by atoms with Gasteiger partial charge >= 0.3 is 0 Å². The lowest BCUT2D eigenvalue weighted by Crippen LogP contribution is -2.45. The van der Waals surface area contributed by atoms with Crippen molar-refractivity contribution in [2.45, 2.75) is 45.6 Å². The maximum absolute atomic E-state index is 12.1. The van der Waals surface area contributed by atoms with Crippen molar-refractivity contribution < 1.29 is 9.90 Å². The fraction of sp³-hybridized carbons (Fsp3) is 0.923. The van der Waals surface area contributed by atoms with Gasteiger partial charge in [0.1, 0.15) is 0 Å². The molecule has 4 unspecified atom stereocenters. The van der Waals surface area contributed by atoms with Gasteiger partial charge in [0.15, 0.2) is 0 Å². The van der Waals surface area contributed by atoms with Gasteiger partial charge in [-0.15, -0.1) is 0 Å². The SMILES string of the molecule is CC(CO)C(C)NC(=O)C1CCCCC1CN. The topological polar surface area (TPSA) is 75.3 Å². The summed E-state index contributed by atoms with van der Waals surface area (Å²) < 4.78 is 0. The highest BCUT2D eigenvalue weighted by Crippen LogP contribution is 2.29. The highest BCUT2D eigenvalue weighted by Gasteiger charge is 2.30. The molecule has 1 aliphatic rings. The van der Waals surface area contributed by atoms with Crippen LogP contribution in [-0.4, -0.2) is 30.2 Å². The maximum atomic E-state index is 12.1. The van der Waals surface area contributed by atoms with Gasteiger partial charge in [-0.05, 0) is 38.1 Å². The molecule has 0 aromatic rings. The Balaban J connectivity index is 2.50. The molecule has 1 saturated carbocycles. The molecule has 4 heteroatoms. The molecule has 1 fully saturated rings. The van der Waals surface area contributed by atoms with Gasteiger partial charge in [0, 0.05) is 18.6 Å². The van der Waals surface area contributed by atoms with Crippen molar-refractivity contribution >= 4 is 5.91 Å². The first-order valence-electron chi connectivity index (χ1n) is 6.71. The van der Waals surface area contributed by atoms with Gasteiger partial charge in [-0.1, -0.05) is 19.8 Å². The number of carbonyl (C=O) groups excluding carboxylic acids is 1. The second-order valence-corrected chi connectivity index (χ2v) is 5.34. The smallest absolute Gasteiger partial charge is 0.223 e. The molecule has 0 aliphatic heterocycles. The van der Waals surface area contributed by atoms with E-state index in [0.717, 1.165) is 19.3 Å². The Hall–Kier alpha value is -0.610. The zero-order chi connectivity index (χ0) is 12.8. The molecule has 0 radical (unpaired) electrons. The highest BCUT2D eigenvalue weighted by molar-refractivity contribution is 5.79. The van der Waals surface area contributed by atoms with Crippen molar-refractivity contribution in [2.75, 3.05) is 13.2 Å². The summed E-state index contributed by atoms with van der Waals surface area (Å²) in [6.07, 6.45) is 4.33. The summed E-state index contributed by atoms with van der Waals surface area (Å²) in [5, 5.41) is 12.1. The molecule has 4 nitrogen and oxygen atoms in total. The largest absolute Gasteiger partial charge is 0.396 e. The lowest BCUT2D eigenvalue weighted by Gasteiger charge is -2.31. The molecule has 1 rings (SSSR count). The second kappa shape index (κ2) is 6.97. The van der Waals surface area contributed by atoms with Crippen molar-refractivity contribution in [3.8, 4) is 0 Å². The lowest BCUT2D eigenvalue weighted by molar-refractivity contribution is -0.128. The summed E-state index contributed by atoms with van der Waals surface area (Å²) in [5.41, 5.74) is 5.73. The van der Waals surface area contributed by atoms with Crippen LogP contribution in [0.15, 0.2) is 0 Å². The van der Waals surface area contributed by atoms with Gasteiger partial charge in [-0.25, -0.2) is 0 Å². The predicted molar refractivity (Wildman–Crippen MR) is 68.4 cm³/mol. The molecule has 4 atom stereocenters. The number of hydrogen-bond donors (Lipinski definition) is 3. The van der Waals surface area contributed by atoms with Crippen LogP contribution in [0.1, 0.15) is 39.5 Å². The molecule has 0 bridgehead atoms. The summed E-state index contributed by atoms with van der Waals surface area (Å²) in [5.74, 6) is 0.620. The van der Waals surface area contributed by atoms with Crippen LogP contribution in [0.3, 0.4) is 0 Å². The van der Waals surface area contributed by atoms with Crippen molar-refractivity contribution in [2.24, 2.45) is 23.5 Å². The Morgan fingerprint density at radius 1 is 1.41 bits per heavy atom. The van der Waals surface area contributed by atoms with Crippen molar-refractivity contribution in [3.63, 3.8) is 0 Å². The van der Waals surface area contributed by atoms with Crippen LogP contribution in [-0.2, 0) is 4.79 Å². The average molecular weight is 242 g/mol. The number of rotatable bonds is 5. The molecular weight excluding hydrogens is 216 g/mol. The van der Waals surface area contributed by atoms with Gasteiger partial charge in [-0.2, -0.15) is 0 Å². The first-order valence-corrected chi connectivity index (χ1v) is 6.71. The van der Waals surface area contributed by atoms with Gasteiger partial charge in [0.2, 0.25) is 5.91 Å². The van der Waals surface area contributed by atoms with Gasteiger partial charge < -0.3 is 16.2 Å². The molecule has 0 heterocycles. The van der Waals surface area contributed by atoms with Crippen LogP contribution in [0.5, 0.6) is 0 Å². The summed E-state index contributed by atoms with van der Waals surface area (Å²) in [7, 11) is 0. The Morgan fingerprint density at radius 2 is 2.06 bits per heavy atom. The van der Waals surface area contributed by atoms with E-state index in [2.05, 4.69) is 5.32 Å². The summed E-state index contributed by atoms with van der Waals surface area (Å²) >= 11 is 0. The number of aliphatic hydroxyl groups is 1. The van der Waals surface area contributed by atoms with E-state index < -0.39 is 0 Å². The van der Waals surface area contributed by atoms with E-state index in [-0.39, 0.29) is 30.4 Å². The van der Waals surface area contributed by atoms with E-state index in [1.54, 1.807) is 0 Å². The number of amides is 1. The standard InChI is InChI=1S/C13H26N2O2/c1-9(8-16)10(2)15-13(17)12-6-4-3-5-11(12)7-14/h9-12,16H,3-8,14H2,1-2H3,(H,15,17). The average Bonchev–Trinajstić information content (AvgIpc) is 2.37. The van der Waals surface area contributed by atoms with E-state index >= 15 is 0 Å². The monoisotopic (exact) mass is 242 g/mol. The van der Waals surface area contributed by atoms with Crippen molar-refractivity contribution in [1.82, 2.24) is 5.32 Å². The van der Waals surface area contributed by atoms with Crippen LogP contribution < -0.4 is 11.1 Å². The normalized spacial score (nSPS) is 28.5. The van der Waals surface area contributed by atoms with Crippen LogP contribution >= 0.6 is 0 Å². The van der Waals surface area contributed by atoms with Crippen molar-refractivity contribution in [1.29, 1.82) is 0 Å². The third kappa shape index (κ3) is 3.96. The first-order chi connectivity index (χ1) is 8.10. The van der Waals surface area contributed by atoms with Crippen LogP contribution in [0.2, 0.25) is 0 Å². The molecule has 1 aliphatic carbocycles. The fourth-order valence-electron chi connectivity index (χ4n) is 2.47. The van der Waals surface area contributed by atoms with E-state index in [1.807, 2.05) is 13.8 Å². The van der Waals surface area contributed by atoms with Gasteiger partial charge in [-0.3, -0.25) is 4.79 Å². The number of hydrogen-bond acceptors (Lipinski definition) is 3. The van der Waals surface area contributed by atoms with Crippen molar-refractivity contribution in [3.05, 3.63) is 0 Å². The third-order valence-corrected chi connectivity index (χ3v) is 4.06. The third-order valence-electron chi connectivity index (χ3n) is 4.06. The maximum Gasteiger partial charge on any atom is 0.223 e. The minimum Gasteiger partial charge on any atom is -0.396 e. The van der Waals surface area contributed by atoms with E-state index in [0.29, 0.717) is 12.5 Å². The number of aliphatic hydroxyl groups excluding tert-OH is 1. The van der Waals surface area contributed by atoms with E-state index in [9.17, 15) is 4.79 Å². The zero-order valence-electron chi connectivity index (χ0n) is 11.0. The van der Waals surface area contributed by atoms with Crippen LogP contribution in [0, 0.1) is 17.8 Å². The Bertz CT molecular complexity index is 246. The minimum atomic E-state index is 0.0212. The molecule has 0 aromatic carbocycles. The van der Waals surface area contributed by atoms with Crippen LogP contribution in [0.25, 0.3) is 0 Å². The number of nitrogens with two attached hydrogens (primary N) is 1. The molecule has 17 heavy (non-hydrogen) atoms. The predicted octanol–water partition coefficient (Wildman–Crippen LogP) is 0.885. The molecule has 4 N–H and O–H groups in total. The summed E-state index contributed by atoms with van der Waals surface area (Å²) in [6, 6.07) is 0.0212. The molecule has 0 spiro atoms. The lowest BCUT2D eigenvalue weighted by atomic mass is 9.78. The molecule has 100 valence electrons. The highest BCUT2D eigenvalue weighted by atomic mass is 16.3. The Kier molecular flexibility index (Phi) is 5.92. The van der Waals surface area contributed by atoms with Gasteiger partial charge in [0.25, 0.3) is 0 Å². The Labute approximate surface area is 104 Å². The molecular formula is C13H26N2O2. The van der Waals surface area contributed by atoms with E-state index in [4.69, 9.17) is 10.8 Å². The first kappa shape index (κ1) is 14.5. The van der Waals surface area contributed by atoms with Gasteiger partial charge in [0.05, 0.1) is 0 Å². The molecule has 1 amide bonds. The minimum absolute atomic E-state index is 0.0212. The zero-order valence-corrected chi connectivity index (χ0v) is 11.0. The fourth-order valence-corrected chi connectivity index (χ4v) is 2.47. The number of nitrogens with one attached hydrogen (secondary N) is 1. The van der Waals surface area contributed by atoms with Crippen LogP contribution in [0.4, 0.5) is 0 Å². The number of carbonyl (C=O) groups is 1. The Morgan fingerprint density at radius 3 is 2.65 bits per heavy atom. The molecule has 0 saturated heterocycles. The summed E-state index contributed by atoms with van der Waals surface area (Å²) in [6.45, 7) is 4.58.